The van der Waals surface area contributed by atoms with Gasteiger partial charge >= 0.3 is 0 Å². The third kappa shape index (κ3) is 4.98. The Kier molecular flexibility index (Phi) is 5.62. The maximum Gasteiger partial charge on any atom is 0.137 e. The zero-order valence-electron chi connectivity index (χ0n) is 10.8. The lowest BCUT2D eigenvalue weighted by atomic mass is 9.97. The average molecular weight is 213 g/mol. The van der Waals surface area contributed by atoms with Crippen molar-refractivity contribution >= 4 is 0 Å². The van der Waals surface area contributed by atoms with Crippen LogP contribution in [0.15, 0.2) is 0 Å². The van der Waals surface area contributed by atoms with Crippen LogP contribution in [0.25, 0.3) is 0 Å². The molecule has 15 heavy (non-hydrogen) atoms. The zero-order valence-corrected chi connectivity index (χ0v) is 10.8. The van der Waals surface area contributed by atoms with E-state index in [1.807, 2.05) is 0 Å². The molecule has 3 atom stereocenters. The van der Waals surface area contributed by atoms with Crippen LogP contribution in [-0.2, 0) is 4.74 Å². The smallest absolute Gasteiger partial charge is 0.137 e. The largest absolute Gasteiger partial charge is 0.353 e. The standard InChI is InChI=1S/C13H27NO/c1-5-6-7-8-11(2)9-10-12-13(15-12)14(3)4/h11-13H,5-10H2,1-4H3. The van der Waals surface area contributed by atoms with Gasteiger partial charge in [0, 0.05) is 0 Å². The molecule has 2 heteroatoms. The summed E-state index contributed by atoms with van der Waals surface area (Å²) in [5.41, 5.74) is 0. The molecular weight excluding hydrogens is 186 g/mol. The van der Waals surface area contributed by atoms with Gasteiger partial charge in [-0.3, -0.25) is 4.90 Å². The van der Waals surface area contributed by atoms with Crippen LogP contribution in [0.4, 0.5) is 0 Å². The van der Waals surface area contributed by atoms with Crippen LogP contribution < -0.4 is 0 Å². The van der Waals surface area contributed by atoms with Gasteiger partial charge in [-0.15, -0.1) is 0 Å². The Bertz CT molecular complexity index is 170. The normalized spacial score (nSPS) is 27.0. The Hall–Kier alpha value is -0.0800. The van der Waals surface area contributed by atoms with E-state index < -0.39 is 0 Å². The quantitative estimate of drug-likeness (QED) is 0.454. The number of epoxide rings is 1. The Morgan fingerprint density at radius 1 is 1.20 bits per heavy atom. The molecule has 1 fully saturated rings. The van der Waals surface area contributed by atoms with Gasteiger partial charge in [0.25, 0.3) is 0 Å². The van der Waals surface area contributed by atoms with Gasteiger partial charge in [0.05, 0.1) is 6.10 Å². The summed E-state index contributed by atoms with van der Waals surface area (Å²) in [5, 5.41) is 0. The molecule has 0 aromatic rings. The maximum atomic E-state index is 5.58. The van der Waals surface area contributed by atoms with Crippen molar-refractivity contribution in [2.24, 2.45) is 5.92 Å². The molecule has 0 amide bonds. The molecule has 90 valence electrons. The van der Waals surface area contributed by atoms with Crippen LogP contribution in [0.2, 0.25) is 0 Å². The molecule has 0 aromatic carbocycles. The third-order valence-electron chi connectivity index (χ3n) is 3.31. The van der Waals surface area contributed by atoms with Gasteiger partial charge in [-0.25, -0.2) is 0 Å². The highest BCUT2D eigenvalue weighted by Crippen LogP contribution is 2.30. The zero-order chi connectivity index (χ0) is 11.3. The highest BCUT2D eigenvalue weighted by atomic mass is 16.6. The first kappa shape index (κ1) is 13.0. The SMILES string of the molecule is CCCCCC(C)CCC1OC1N(C)C. The van der Waals surface area contributed by atoms with Crippen molar-refractivity contribution < 1.29 is 4.74 Å². The van der Waals surface area contributed by atoms with E-state index >= 15 is 0 Å². The minimum atomic E-state index is 0.410. The van der Waals surface area contributed by atoms with Gasteiger partial charge in [0.15, 0.2) is 0 Å². The molecule has 0 radical (unpaired) electrons. The average Bonchev–Trinajstić information content (AvgIpc) is 2.94. The first-order valence-electron chi connectivity index (χ1n) is 6.47. The Morgan fingerprint density at radius 3 is 2.47 bits per heavy atom. The summed E-state index contributed by atoms with van der Waals surface area (Å²) >= 11 is 0. The summed E-state index contributed by atoms with van der Waals surface area (Å²) in [4.78, 5) is 2.17. The Morgan fingerprint density at radius 2 is 1.93 bits per heavy atom. The number of ether oxygens (including phenoxy) is 1. The van der Waals surface area contributed by atoms with E-state index in [1.165, 1.54) is 38.5 Å². The first-order chi connectivity index (χ1) is 7.15. The van der Waals surface area contributed by atoms with Crippen molar-refractivity contribution in [2.45, 2.75) is 64.7 Å². The number of rotatable bonds is 8. The van der Waals surface area contributed by atoms with Crippen LogP contribution in [0, 0.1) is 5.92 Å². The summed E-state index contributed by atoms with van der Waals surface area (Å²) in [6, 6.07) is 0. The number of nitrogens with zero attached hydrogens (tertiary/aromatic N) is 1. The van der Waals surface area contributed by atoms with Crippen LogP contribution >= 0.6 is 0 Å². The highest BCUT2D eigenvalue weighted by Gasteiger charge is 2.39. The van der Waals surface area contributed by atoms with Crippen molar-refractivity contribution in [1.29, 1.82) is 0 Å². The molecule has 0 spiro atoms. The van der Waals surface area contributed by atoms with E-state index in [9.17, 15) is 0 Å². The molecule has 2 nitrogen and oxygen atoms in total. The van der Waals surface area contributed by atoms with Crippen LogP contribution in [0.3, 0.4) is 0 Å². The number of likely N-dealkylation sites (N-methyl/N-ethyl adjacent to an activating group) is 1. The van der Waals surface area contributed by atoms with E-state index in [-0.39, 0.29) is 0 Å². The van der Waals surface area contributed by atoms with Gasteiger partial charge in [0.1, 0.15) is 6.23 Å². The number of unbranched alkanes of at least 4 members (excludes halogenated alkanes) is 2. The molecule has 1 aliphatic heterocycles. The lowest BCUT2D eigenvalue weighted by molar-refractivity contribution is 0.243. The van der Waals surface area contributed by atoms with Crippen molar-refractivity contribution in [3.63, 3.8) is 0 Å². The van der Waals surface area contributed by atoms with E-state index in [2.05, 4.69) is 32.8 Å². The summed E-state index contributed by atoms with van der Waals surface area (Å²) in [5.74, 6) is 0.878. The van der Waals surface area contributed by atoms with E-state index in [0.29, 0.717) is 12.3 Å². The van der Waals surface area contributed by atoms with Crippen LogP contribution in [-0.4, -0.2) is 31.3 Å². The van der Waals surface area contributed by atoms with E-state index in [0.717, 1.165) is 5.92 Å². The summed E-state index contributed by atoms with van der Waals surface area (Å²) in [7, 11) is 4.19. The Labute approximate surface area is 95.0 Å². The monoisotopic (exact) mass is 213 g/mol. The second-order valence-corrected chi connectivity index (χ2v) is 5.21. The van der Waals surface area contributed by atoms with Crippen molar-refractivity contribution in [3.8, 4) is 0 Å². The van der Waals surface area contributed by atoms with Gasteiger partial charge in [0.2, 0.25) is 0 Å². The summed E-state index contributed by atoms with van der Waals surface area (Å²) in [6.45, 7) is 4.65. The van der Waals surface area contributed by atoms with Crippen LogP contribution in [0.5, 0.6) is 0 Å². The van der Waals surface area contributed by atoms with Crippen molar-refractivity contribution in [3.05, 3.63) is 0 Å². The lowest BCUT2D eigenvalue weighted by Crippen LogP contribution is -2.18. The predicted molar refractivity (Wildman–Crippen MR) is 64.9 cm³/mol. The van der Waals surface area contributed by atoms with Gasteiger partial charge < -0.3 is 4.74 Å². The predicted octanol–water partition coefficient (Wildman–Crippen LogP) is 3.27. The second kappa shape index (κ2) is 6.49. The minimum absolute atomic E-state index is 0.410. The fourth-order valence-corrected chi connectivity index (χ4v) is 2.13. The van der Waals surface area contributed by atoms with E-state index in [4.69, 9.17) is 4.74 Å². The fraction of sp³-hybridized carbons (Fsp3) is 1.00. The van der Waals surface area contributed by atoms with Crippen molar-refractivity contribution in [1.82, 2.24) is 4.90 Å². The lowest BCUT2D eigenvalue weighted by Gasteiger charge is -2.10. The molecule has 1 aliphatic rings. The maximum absolute atomic E-state index is 5.58. The Balaban J connectivity index is 1.96. The molecule has 0 aliphatic carbocycles. The topological polar surface area (TPSA) is 15.8 Å². The summed E-state index contributed by atoms with van der Waals surface area (Å²) in [6.07, 6.45) is 9.04. The molecule has 0 aromatic heterocycles. The fourth-order valence-electron chi connectivity index (χ4n) is 2.13. The molecular formula is C13H27NO. The van der Waals surface area contributed by atoms with E-state index in [1.54, 1.807) is 0 Å². The minimum Gasteiger partial charge on any atom is -0.353 e. The molecule has 1 rings (SSSR count). The van der Waals surface area contributed by atoms with Gasteiger partial charge in [-0.05, 0) is 32.9 Å². The first-order valence-corrected chi connectivity index (χ1v) is 6.47. The third-order valence-corrected chi connectivity index (χ3v) is 3.31. The molecule has 1 heterocycles. The second-order valence-electron chi connectivity index (χ2n) is 5.21. The van der Waals surface area contributed by atoms with Crippen molar-refractivity contribution in [2.75, 3.05) is 14.1 Å². The molecule has 0 saturated carbocycles. The number of hydrogen-bond donors (Lipinski definition) is 0. The van der Waals surface area contributed by atoms with Gasteiger partial charge in [-0.2, -0.15) is 0 Å². The molecule has 3 unspecified atom stereocenters. The summed E-state index contributed by atoms with van der Waals surface area (Å²) < 4.78 is 5.58. The van der Waals surface area contributed by atoms with Crippen LogP contribution in [0.1, 0.15) is 52.4 Å². The highest BCUT2D eigenvalue weighted by molar-refractivity contribution is 4.82. The molecule has 0 bridgehead atoms. The van der Waals surface area contributed by atoms with Gasteiger partial charge in [-0.1, -0.05) is 39.5 Å². The number of hydrogen-bond acceptors (Lipinski definition) is 2. The molecule has 1 saturated heterocycles. The molecule has 0 N–H and O–H groups in total.